The first kappa shape index (κ1) is 37.5. The molecule has 2 fully saturated rings. The molecule has 0 spiro atoms. The molecule has 0 bridgehead atoms. The molecule has 1 unspecified atom stereocenters. The highest BCUT2D eigenvalue weighted by Crippen LogP contribution is 2.33. The first-order valence-electron chi connectivity index (χ1n) is 18.1. The number of benzene rings is 2. The van der Waals surface area contributed by atoms with Crippen LogP contribution in [0.4, 0.5) is 15.3 Å². The molecule has 1 aliphatic heterocycles. The van der Waals surface area contributed by atoms with Crippen LogP contribution in [0.25, 0.3) is 22.2 Å². The maximum atomic E-state index is 13.8. The number of hydrogen-bond donors (Lipinski definition) is 2. The number of fused-ring (bicyclic) bond motifs is 1. The molecule has 6 rings (SSSR count). The summed E-state index contributed by atoms with van der Waals surface area (Å²) in [6.45, 7) is 13.0. The molecule has 52 heavy (non-hydrogen) atoms. The van der Waals surface area contributed by atoms with Crippen molar-refractivity contribution < 1.29 is 23.8 Å². The minimum Gasteiger partial charge on any atom is -0.444 e. The summed E-state index contributed by atoms with van der Waals surface area (Å²) in [7, 11) is 0. The van der Waals surface area contributed by atoms with Gasteiger partial charge in [0, 0.05) is 51.7 Å². The summed E-state index contributed by atoms with van der Waals surface area (Å²) in [6, 6.07) is 11.8. The summed E-state index contributed by atoms with van der Waals surface area (Å²) in [5.41, 5.74) is 3.73. The lowest BCUT2D eigenvalue weighted by Crippen LogP contribution is -2.41. The Bertz CT molecular complexity index is 1930. The fraction of sp³-hybridized carbons (Fsp3) is 0.513. The standard InChI is InChI=1S/C39H50BrN7O5/c1-38(2,3)51-36(48)45(21-25-10-9-11-25)23-29-17-27-14-13-26(16-34(27)47(29)37(49)52-39(4,5)6)22-46-24-33(43-44-46)30-18-28(40)19-32(31(30)20-41)42-35-12-7-8-15-50-35/h13-14,16-20,24-25,35,41-42H,7-12,15,21-23H2,1-6H3. The Hall–Kier alpha value is -4.23. The van der Waals surface area contributed by atoms with E-state index in [0.29, 0.717) is 48.1 Å². The van der Waals surface area contributed by atoms with Crippen molar-refractivity contribution in [3.05, 3.63) is 63.9 Å². The van der Waals surface area contributed by atoms with E-state index in [0.717, 1.165) is 65.2 Å². The summed E-state index contributed by atoms with van der Waals surface area (Å²) in [6.07, 6.45) is 8.51. The van der Waals surface area contributed by atoms with Crippen LogP contribution in [0.15, 0.2) is 47.1 Å². The third kappa shape index (κ3) is 9.22. The van der Waals surface area contributed by atoms with Gasteiger partial charge in [-0.3, -0.25) is 0 Å². The number of nitrogens with zero attached hydrogens (tertiary/aromatic N) is 5. The molecule has 13 heteroatoms. The van der Waals surface area contributed by atoms with Crippen LogP contribution in [0.5, 0.6) is 0 Å². The van der Waals surface area contributed by atoms with Gasteiger partial charge in [0.1, 0.15) is 23.1 Å². The average Bonchev–Trinajstić information content (AvgIpc) is 3.65. The molecule has 1 saturated heterocycles. The van der Waals surface area contributed by atoms with Gasteiger partial charge in [0.15, 0.2) is 0 Å². The molecule has 2 aliphatic rings. The first-order chi connectivity index (χ1) is 24.7. The van der Waals surface area contributed by atoms with E-state index in [-0.39, 0.29) is 12.8 Å². The summed E-state index contributed by atoms with van der Waals surface area (Å²) in [5, 5.41) is 21.5. The summed E-state index contributed by atoms with van der Waals surface area (Å²) >= 11 is 3.63. The van der Waals surface area contributed by atoms with Crippen LogP contribution in [-0.4, -0.2) is 73.4 Å². The largest absolute Gasteiger partial charge is 0.444 e. The summed E-state index contributed by atoms with van der Waals surface area (Å²) < 4.78 is 21.8. The minimum absolute atomic E-state index is 0.108. The van der Waals surface area contributed by atoms with Gasteiger partial charge in [0.25, 0.3) is 0 Å². The lowest BCUT2D eigenvalue weighted by Gasteiger charge is -2.33. The van der Waals surface area contributed by atoms with E-state index < -0.39 is 23.4 Å². The average molecular weight is 777 g/mol. The van der Waals surface area contributed by atoms with Crippen LogP contribution in [0.1, 0.15) is 96.9 Å². The number of rotatable bonds is 10. The van der Waals surface area contributed by atoms with E-state index in [9.17, 15) is 9.59 Å². The van der Waals surface area contributed by atoms with Gasteiger partial charge in [-0.25, -0.2) is 18.8 Å². The van der Waals surface area contributed by atoms with E-state index in [4.69, 9.17) is 19.6 Å². The van der Waals surface area contributed by atoms with Gasteiger partial charge < -0.3 is 29.8 Å². The van der Waals surface area contributed by atoms with E-state index >= 15 is 0 Å². The van der Waals surface area contributed by atoms with E-state index in [1.165, 1.54) is 6.21 Å². The smallest absolute Gasteiger partial charge is 0.419 e. The molecule has 2 N–H and O–H groups in total. The number of amides is 1. The van der Waals surface area contributed by atoms with E-state index in [1.807, 2.05) is 84.1 Å². The van der Waals surface area contributed by atoms with Gasteiger partial charge >= 0.3 is 12.2 Å². The quantitative estimate of drug-likeness (QED) is 0.152. The van der Waals surface area contributed by atoms with E-state index in [2.05, 4.69) is 31.6 Å². The van der Waals surface area contributed by atoms with Crippen molar-refractivity contribution in [1.29, 1.82) is 5.41 Å². The number of aromatic nitrogens is 4. The van der Waals surface area contributed by atoms with Crippen molar-refractivity contribution in [3.63, 3.8) is 0 Å². The molecule has 1 saturated carbocycles. The number of halogens is 1. The zero-order valence-corrected chi connectivity index (χ0v) is 32.6. The Morgan fingerprint density at radius 2 is 1.81 bits per heavy atom. The summed E-state index contributed by atoms with van der Waals surface area (Å²) in [4.78, 5) is 29.0. The first-order valence-corrected chi connectivity index (χ1v) is 18.9. The van der Waals surface area contributed by atoms with Gasteiger partial charge in [0.05, 0.1) is 24.8 Å². The molecule has 2 aromatic heterocycles. The van der Waals surface area contributed by atoms with Gasteiger partial charge in [-0.2, -0.15) is 0 Å². The van der Waals surface area contributed by atoms with Crippen LogP contribution in [-0.2, 0) is 27.3 Å². The third-order valence-electron chi connectivity index (χ3n) is 9.17. The zero-order chi connectivity index (χ0) is 37.2. The van der Waals surface area contributed by atoms with Gasteiger partial charge in [-0.05, 0) is 109 Å². The molecule has 1 amide bonds. The van der Waals surface area contributed by atoms with Crippen molar-refractivity contribution in [2.24, 2.45) is 5.92 Å². The second kappa shape index (κ2) is 15.4. The zero-order valence-electron chi connectivity index (χ0n) is 31.0. The molecule has 0 radical (unpaired) electrons. The molecule has 1 aliphatic carbocycles. The third-order valence-corrected chi connectivity index (χ3v) is 9.63. The highest BCUT2D eigenvalue weighted by atomic mass is 79.9. The monoisotopic (exact) mass is 775 g/mol. The maximum absolute atomic E-state index is 13.8. The van der Waals surface area contributed by atoms with E-state index in [1.54, 1.807) is 14.1 Å². The van der Waals surface area contributed by atoms with Crippen LogP contribution >= 0.6 is 15.9 Å². The van der Waals surface area contributed by atoms with Gasteiger partial charge in [-0.1, -0.05) is 39.7 Å². The predicted molar refractivity (Wildman–Crippen MR) is 205 cm³/mol. The number of nitrogens with one attached hydrogen (secondary N) is 2. The Labute approximate surface area is 313 Å². The van der Waals surface area contributed by atoms with Crippen LogP contribution < -0.4 is 5.32 Å². The minimum atomic E-state index is -0.725. The fourth-order valence-electron chi connectivity index (χ4n) is 6.57. The maximum Gasteiger partial charge on any atom is 0.419 e. The van der Waals surface area contributed by atoms with Crippen molar-refractivity contribution >= 4 is 50.9 Å². The Kier molecular flexibility index (Phi) is 11.1. The number of ether oxygens (including phenoxy) is 3. The number of carbonyl (C=O) groups is 2. The molecule has 2 aromatic carbocycles. The topological polar surface area (TPSA) is 137 Å². The SMILES string of the molecule is CC(C)(C)OC(=O)N(Cc1cc2ccc(Cn3cc(-c4cc(Br)cc(NC5CCCCO5)c4C=N)nn3)cc2n1C(=O)OC(C)(C)C)CC1CCC1. The van der Waals surface area contributed by atoms with Crippen LogP contribution in [0, 0.1) is 11.3 Å². The number of anilines is 1. The van der Waals surface area contributed by atoms with Crippen molar-refractivity contribution in [2.45, 2.75) is 111 Å². The molecular weight excluding hydrogens is 726 g/mol. The van der Waals surface area contributed by atoms with Crippen LogP contribution in [0.3, 0.4) is 0 Å². The lowest BCUT2D eigenvalue weighted by molar-refractivity contribution is 0.0163. The van der Waals surface area contributed by atoms with Crippen LogP contribution in [0.2, 0.25) is 0 Å². The highest BCUT2D eigenvalue weighted by molar-refractivity contribution is 9.10. The van der Waals surface area contributed by atoms with Crippen molar-refractivity contribution in [1.82, 2.24) is 24.5 Å². The Morgan fingerprint density at radius 3 is 2.46 bits per heavy atom. The lowest BCUT2D eigenvalue weighted by atomic mass is 9.85. The predicted octanol–water partition coefficient (Wildman–Crippen LogP) is 8.97. The summed E-state index contributed by atoms with van der Waals surface area (Å²) in [5.74, 6) is 0.409. The van der Waals surface area contributed by atoms with Crippen molar-refractivity contribution in [3.8, 4) is 11.3 Å². The fourth-order valence-corrected chi connectivity index (χ4v) is 7.03. The second-order valence-electron chi connectivity index (χ2n) is 15.9. The number of hydrogen-bond acceptors (Lipinski definition) is 9. The number of carbonyl (C=O) groups excluding carboxylic acids is 2. The molecule has 4 aromatic rings. The molecule has 278 valence electrons. The molecule has 1 atom stereocenters. The van der Waals surface area contributed by atoms with Gasteiger partial charge in [-0.15, -0.1) is 5.10 Å². The molecular formula is C39H50BrN7O5. The van der Waals surface area contributed by atoms with Crippen molar-refractivity contribution in [2.75, 3.05) is 18.5 Å². The molecule has 3 heterocycles. The molecule has 12 nitrogen and oxygen atoms in total. The Morgan fingerprint density at radius 1 is 1.04 bits per heavy atom. The highest BCUT2D eigenvalue weighted by Gasteiger charge is 2.30. The Balaban J connectivity index is 1.30. The normalized spacial score (nSPS) is 16.7. The second-order valence-corrected chi connectivity index (χ2v) is 16.8. The van der Waals surface area contributed by atoms with Gasteiger partial charge in [0.2, 0.25) is 0 Å².